The van der Waals surface area contributed by atoms with Crippen molar-refractivity contribution in [1.29, 1.82) is 0 Å². The van der Waals surface area contributed by atoms with Crippen LogP contribution in [0.4, 0.5) is 0 Å². The number of aromatic nitrogens is 2. The van der Waals surface area contributed by atoms with E-state index in [2.05, 4.69) is 36.2 Å². The molecule has 3 heteroatoms. The second-order valence-corrected chi connectivity index (χ2v) is 4.45. The van der Waals surface area contributed by atoms with Crippen LogP contribution in [0.2, 0.25) is 0 Å². The summed E-state index contributed by atoms with van der Waals surface area (Å²) < 4.78 is 5.48. The smallest absolute Gasteiger partial charge is 0.213 e. The molecule has 0 unspecified atom stereocenters. The third kappa shape index (κ3) is 2.12. The molecular weight excluding hydrogens is 236 g/mol. The van der Waals surface area contributed by atoms with Crippen molar-refractivity contribution in [1.82, 2.24) is 9.97 Å². The van der Waals surface area contributed by atoms with Gasteiger partial charge in [-0.3, -0.25) is 4.98 Å². The van der Waals surface area contributed by atoms with Gasteiger partial charge in [0.05, 0.1) is 12.1 Å². The molecular formula is C16H16N2O. The van der Waals surface area contributed by atoms with Gasteiger partial charge in [0.25, 0.3) is 0 Å². The summed E-state index contributed by atoms with van der Waals surface area (Å²) in [5.41, 5.74) is 2.96. The number of ether oxygens (including phenoxy) is 1. The number of rotatable bonds is 3. The molecule has 3 nitrogen and oxygen atoms in total. The molecule has 0 bridgehead atoms. The highest BCUT2D eigenvalue weighted by Crippen LogP contribution is 2.24. The maximum atomic E-state index is 5.48. The van der Waals surface area contributed by atoms with Crippen molar-refractivity contribution in [2.75, 3.05) is 6.61 Å². The zero-order valence-corrected chi connectivity index (χ0v) is 11.2. The van der Waals surface area contributed by atoms with Crippen LogP contribution < -0.4 is 4.74 Å². The molecule has 0 aliphatic rings. The van der Waals surface area contributed by atoms with E-state index in [4.69, 9.17) is 9.72 Å². The number of pyridine rings is 2. The van der Waals surface area contributed by atoms with E-state index < -0.39 is 0 Å². The summed E-state index contributed by atoms with van der Waals surface area (Å²) in [6.45, 7) is 4.69. The Morgan fingerprint density at radius 3 is 2.16 bits per heavy atom. The number of hydrogen-bond donors (Lipinski definition) is 0. The molecule has 0 aliphatic heterocycles. The Morgan fingerprint density at radius 2 is 1.47 bits per heavy atom. The zero-order chi connectivity index (χ0) is 13.2. The molecule has 0 spiro atoms. The van der Waals surface area contributed by atoms with Gasteiger partial charge in [0.2, 0.25) is 5.88 Å². The fourth-order valence-electron chi connectivity index (χ4n) is 2.22. The third-order valence-corrected chi connectivity index (χ3v) is 3.21. The van der Waals surface area contributed by atoms with Crippen LogP contribution in [0.3, 0.4) is 0 Å². The first-order valence-corrected chi connectivity index (χ1v) is 6.64. The summed E-state index contributed by atoms with van der Waals surface area (Å²) in [5, 5.41) is 2.21. The minimum atomic E-state index is 0.622. The Labute approximate surface area is 112 Å². The van der Waals surface area contributed by atoms with E-state index in [1.807, 2.05) is 19.1 Å². The lowest BCUT2D eigenvalue weighted by Crippen LogP contribution is -1.95. The Kier molecular flexibility index (Phi) is 3.03. The molecule has 0 atom stereocenters. The van der Waals surface area contributed by atoms with E-state index in [1.54, 1.807) is 0 Å². The first-order chi connectivity index (χ1) is 9.31. The lowest BCUT2D eigenvalue weighted by Gasteiger charge is -2.07. The summed E-state index contributed by atoms with van der Waals surface area (Å²) in [6, 6.07) is 12.3. The normalized spacial score (nSPS) is 11.1. The predicted octanol–water partition coefficient (Wildman–Crippen LogP) is 3.74. The van der Waals surface area contributed by atoms with Crippen molar-refractivity contribution >= 4 is 21.8 Å². The molecule has 0 saturated heterocycles. The largest absolute Gasteiger partial charge is 0.478 e. The second-order valence-electron chi connectivity index (χ2n) is 4.45. The van der Waals surface area contributed by atoms with Gasteiger partial charge in [-0.15, -0.1) is 0 Å². The molecule has 0 N–H and O–H groups in total. The van der Waals surface area contributed by atoms with Crippen LogP contribution in [0.1, 0.15) is 19.5 Å². The van der Waals surface area contributed by atoms with Gasteiger partial charge in [0.1, 0.15) is 5.52 Å². The monoisotopic (exact) mass is 252 g/mol. The molecule has 96 valence electrons. The zero-order valence-electron chi connectivity index (χ0n) is 11.2. The van der Waals surface area contributed by atoms with Crippen molar-refractivity contribution in [2.24, 2.45) is 0 Å². The Morgan fingerprint density at radius 1 is 0.842 bits per heavy atom. The fraction of sp³-hybridized carbons (Fsp3) is 0.250. The van der Waals surface area contributed by atoms with Crippen LogP contribution in [-0.4, -0.2) is 16.6 Å². The SMILES string of the molecule is CCOc1ccc2ccc3ccc(CC)nc3c2n1. The lowest BCUT2D eigenvalue weighted by atomic mass is 10.1. The van der Waals surface area contributed by atoms with E-state index >= 15 is 0 Å². The van der Waals surface area contributed by atoms with E-state index in [0.29, 0.717) is 12.5 Å². The van der Waals surface area contributed by atoms with Crippen molar-refractivity contribution in [3.8, 4) is 5.88 Å². The molecule has 3 aromatic rings. The van der Waals surface area contributed by atoms with Crippen molar-refractivity contribution in [2.45, 2.75) is 20.3 Å². The summed E-state index contributed by atoms with van der Waals surface area (Å²) in [7, 11) is 0. The molecule has 0 aliphatic carbocycles. The summed E-state index contributed by atoms with van der Waals surface area (Å²) >= 11 is 0. The fourth-order valence-corrected chi connectivity index (χ4v) is 2.22. The Balaban J connectivity index is 2.31. The van der Waals surface area contributed by atoms with Gasteiger partial charge in [-0.2, -0.15) is 0 Å². The molecule has 2 heterocycles. The molecule has 19 heavy (non-hydrogen) atoms. The average molecular weight is 252 g/mol. The molecule has 3 rings (SSSR count). The first kappa shape index (κ1) is 11.9. The van der Waals surface area contributed by atoms with Crippen molar-refractivity contribution in [3.05, 3.63) is 42.1 Å². The van der Waals surface area contributed by atoms with E-state index in [1.165, 1.54) is 0 Å². The standard InChI is InChI=1S/C16H16N2O/c1-3-13-9-7-11-5-6-12-8-10-14(19-4-2)18-16(12)15(11)17-13/h5-10H,3-4H2,1-2H3. The van der Waals surface area contributed by atoms with Crippen molar-refractivity contribution in [3.63, 3.8) is 0 Å². The Bertz CT molecular complexity index is 737. The van der Waals surface area contributed by atoms with Gasteiger partial charge in [0, 0.05) is 22.5 Å². The quantitative estimate of drug-likeness (QED) is 0.666. The number of fused-ring (bicyclic) bond motifs is 3. The number of aryl methyl sites for hydroxylation is 1. The summed E-state index contributed by atoms with van der Waals surface area (Å²) in [6.07, 6.45) is 0.928. The summed E-state index contributed by atoms with van der Waals surface area (Å²) in [4.78, 5) is 9.29. The van der Waals surface area contributed by atoms with Gasteiger partial charge in [0.15, 0.2) is 0 Å². The topological polar surface area (TPSA) is 35.0 Å². The van der Waals surface area contributed by atoms with E-state index in [0.717, 1.165) is 33.9 Å². The van der Waals surface area contributed by atoms with Gasteiger partial charge >= 0.3 is 0 Å². The number of benzene rings is 1. The maximum absolute atomic E-state index is 5.48. The number of nitrogens with zero attached hydrogens (tertiary/aromatic N) is 2. The molecule has 0 saturated carbocycles. The third-order valence-electron chi connectivity index (χ3n) is 3.21. The van der Waals surface area contributed by atoms with Crippen molar-refractivity contribution < 1.29 is 4.74 Å². The Hall–Kier alpha value is -2.16. The van der Waals surface area contributed by atoms with E-state index in [-0.39, 0.29) is 0 Å². The van der Waals surface area contributed by atoms with Gasteiger partial charge in [-0.05, 0) is 25.5 Å². The maximum Gasteiger partial charge on any atom is 0.213 e. The van der Waals surface area contributed by atoms with Gasteiger partial charge in [-0.1, -0.05) is 25.1 Å². The van der Waals surface area contributed by atoms with Gasteiger partial charge < -0.3 is 4.74 Å². The van der Waals surface area contributed by atoms with E-state index in [9.17, 15) is 0 Å². The highest BCUT2D eigenvalue weighted by atomic mass is 16.5. The van der Waals surface area contributed by atoms with Crippen LogP contribution in [-0.2, 0) is 6.42 Å². The first-order valence-electron chi connectivity index (χ1n) is 6.64. The highest BCUT2D eigenvalue weighted by Gasteiger charge is 2.06. The van der Waals surface area contributed by atoms with Crippen LogP contribution in [0.5, 0.6) is 5.88 Å². The lowest BCUT2D eigenvalue weighted by molar-refractivity contribution is 0.328. The van der Waals surface area contributed by atoms with Crippen LogP contribution in [0.25, 0.3) is 21.8 Å². The summed E-state index contributed by atoms with van der Waals surface area (Å²) in [5.74, 6) is 0.659. The second kappa shape index (κ2) is 4.84. The molecule has 1 aromatic carbocycles. The van der Waals surface area contributed by atoms with Crippen LogP contribution in [0.15, 0.2) is 36.4 Å². The van der Waals surface area contributed by atoms with Crippen LogP contribution in [0, 0.1) is 0 Å². The molecule has 0 amide bonds. The predicted molar refractivity (Wildman–Crippen MR) is 77.6 cm³/mol. The number of hydrogen-bond acceptors (Lipinski definition) is 3. The molecule has 0 fully saturated rings. The minimum absolute atomic E-state index is 0.622. The van der Waals surface area contributed by atoms with Crippen LogP contribution >= 0.6 is 0 Å². The average Bonchev–Trinajstić information content (AvgIpc) is 2.47. The molecule has 0 radical (unpaired) electrons. The molecule has 2 aromatic heterocycles. The van der Waals surface area contributed by atoms with Gasteiger partial charge in [-0.25, -0.2) is 4.98 Å². The minimum Gasteiger partial charge on any atom is -0.478 e. The highest BCUT2D eigenvalue weighted by molar-refractivity contribution is 6.02.